The number of nitrogens with one attached hydrogen (secondary N) is 1. The van der Waals surface area contributed by atoms with Crippen LogP contribution in [-0.4, -0.2) is 38.4 Å². The van der Waals surface area contributed by atoms with Gasteiger partial charge in [-0.25, -0.2) is 13.1 Å². The fraction of sp³-hybridized carbons (Fsp3) is 0.409. The van der Waals surface area contributed by atoms with E-state index in [2.05, 4.69) is 4.72 Å². The summed E-state index contributed by atoms with van der Waals surface area (Å²) in [6, 6.07) is 16.1. The molecule has 0 atom stereocenters. The fourth-order valence-corrected chi connectivity index (χ4v) is 4.63. The van der Waals surface area contributed by atoms with Crippen LogP contribution in [0.15, 0.2) is 59.5 Å². The van der Waals surface area contributed by atoms with Crippen molar-refractivity contribution >= 4 is 15.9 Å². The van der Waals surface area contributed by atoms with E-state index in [9.17, 15) is 13.2 Å². The lowest BCUT2D eigenvalue weighted by Gasteiger charge is -2.33. The SMILES string of the molecule is CC(C)C(=O)N1CCC(NS(=O)(=O)c2ccc(OCc3ccccc3)cc2)CC1. The minimum absolute atomic E-state index is 0.0362. The molecule has 1 heterocycles. The number of amides is 1. The number of sulfonamides is 1. The molecule has 1 aliphatic heterocycles. The number of benzene rings is 2. The summed E-state index contributed by atoms with van der Waals surface area (Å²) in [4.78, 5) is 14.1. The number of likely N-dealkylation sites (tertiary alicyclic amines) is 1. The second-order valence-corrected chi connectivity index (χ2v) is 9.34. The molecule has 0 saturated carbocycles. The maximum Gasteiger partial charge on any atom is 0.240 e. The minimum atomic E-state index is -3.61. The molecular weight excluding hydrogens is 388 g/mol. The monoisotopic (exact) mass is 416 g/mol. The molecule has 2 aromatic rings. The van der Waals surface area contributed by atoms with Gasteiger partial charge in [-0.15, -0.1) is 0 Å². The van der Waals surface area contributed by atoms with E-state index in [0.717, 1.165) is 5.56 Å². The summed E-state index contributed by atoms with van der Waals surface area (Å²) in [5.41, 5.74) is 1.05. The van der Waals surface area contributed by atoms with Crippen LogP contribution in [0.2, 0.25) is 0 Å². The molecule has 0 spiro atoms. The molecule has 2 aromatic carbocycles. The van der Waals surface area contributed by atoms with Gasteiger partial charge in [-0.05, 0) is 42.7 Å². The van der Waals surface area contributed by atoms with Crippen LogP contribution in [0.1, 0.15) is 32.3 Å². The Hall–Kier alpha value is -2.38. The Balaban J connectivity index is 1.54. The number of hydrogen-bond acceptors (Lipinski definition) is 4. The lowest BCUT2D eigenvalue weighted by molar-refractivity contribution is -0.135. The lowest BCUT2D eigenvalue weighted by atomic mass is 10.0. The zero-order valence-corrected chi connectivity index (χ0v) is 17.7. The highest BCUT2D eigenvalue weighted by atomic mass is 32.2. The minimum Gasteiger partial charge on any atom is -0.489 e. The van der Waals surface area contributed by atoms with E-state index in [1.807, 2.05) is 49.1 Å². The summed E-state index contributed by atoms with van der Waals surface area (Å²) in [7, 11) is -3.61. The maximum atomic E-state index is 12.7. The van der Waals surface area contributed by atoms with Crippen molar-refractivity contribution in [2.45, 2.75) is 44.2 Å². The van der Waals surface area contributed by atoms with Gasteiger partial charge in [0.2, 0.25) is 15.9 Å². The summed E-state index contributed by atoms with van der Waals surface area (Å²) in [6.45, 7) is 5.35. The van der Waals surface area contributed by atoms with Gasteiger partial charge in [0.1, 0.15) is 12.4 Å². The van der Waals surface area contributed by atoms with E-state index in [1.165, 1.54) is 0 Å². The maximum absolute atomic E-state index is 12.7. The van der Waals surface area contributed by atoms with Crippen molar-refractivity contribution < 1.29 is 17.9 Å². The number of ether oxygens (including phenoxy) is 1. The average molecular weight is 417 g/mol. The van der Waals surface area contributed by atoms with E-state index >= 15 is 0 Å². The van der Waals surface area contributed by atoms with E-state index in [0.29, 0.717) is 38.3 Å². The number of rotatable bonds is 7. The molecule has 0 aliphatic carbocycles. The summed E-state index contributed by atoms with van der Waals surface area (Å²) < 4.78 is 33.8. The molecule has 1 fully saturated rings. The first-order valence-corrected chi connectivity index (χ1v) is 11.4. The van der Waals surface area contributed by atoms with Gasteiger partial charge >= 0.3 is 0 Å². The van der Waals surface area contributed by atoms with Crippen molar-refractivity contribution in [1.82, 2.24) is 9.62 Å². The molecule has 1 N–H and O–H groups in total. The van der Waals surface area contributed by atoms with Crippen LogP contribution in [0.4, 0.5) is 0 Å². The van der Waals surface area contributed by atoms with Crippen molar-refractivity contribution in [3.63, 3.8) is 0 Å². The van der Waals surface area contributed by atoms with E-state index in [-0.39, 0.29) is 22.8 Å². The van der Waals surface area contributed by atoms with Gasteiger partial charge in [0.25, 0.3) is 0 Å². The Morgan fingerprint density at radius 1 is 1.07 bits per heavy atom. The van der Waals surface area contributed by atoms with Crippen molar-refractivity contribution in [2.24, 2.45) is 5.92 Å². The van der Waals surface area contributed by atoms with Crippen LogP contribution in [0.5, 0.6) is 5.75 Å². The zero-order valence-electron chi connectivity index (χ0n) is 16.9. The highest BCUT2D eigenvalue weighted by Crippen LogP contribution is 2.20. The topological polar surface area (TPSA) is 75.7 Å². The van der Waals surface area contributed by atoms with E-state index in [4.69, 9.17) is 4.74 Å². The Bertz CT molecular complexity index is 904. The van der Waals surface area contributed by atoms with Crippen LogP contribution in [0.3, 0.4) is 0 Å². The molecule has 3 rings (SSSR count). The van der Waals surface area contributed by atoms with Crippen molar-refractivity contribution in [3.05, 3.63) is 60.2 Å². The molecule has 0 unspecified atom stereocenters. The van der Waals surface area contributed by atoms with Crippen LogP contribution in [-0.2, 0) is 21.4 Å². The normalized spacial score (nSPS) is 15.5. The lowest BCUT2D eigenvalue weighted by Crippen LogP contribution is -2.47. The molecule has 0 radical (unpaired) electrons. The summed E-state index contributed by atoms with van der Waals surface area (Å²) in [5, 5.41) is 0. The number of nitrogens with zero attached hydrogens (tertiary/aromatic N) is 1. The number of carbonyl (C=O) groups excluding carboxylic acids is 1. The molecule has 156 valence electrons. The second-order valence-electron chi connectivity index (χ2n) is 7.62. The highest BCUT2D eigenvalue weighted by molar-refractivity contribution is 7.89. The van der Waals surface area contributed by atoms with E-state index < -0.39 is 10.0 Å². The molecule has 7 heteroatoms. The molecule has 1 aliphatic rings. The summed E-state index contributed by atoms with van der Waals surface area (Å²) >= 11 is 0. The first-order chi connectivity index (χ1) is 13.8. The third kappa shape index (κ3) is 5.81. The predicted molar refractivity (Wildman–Crippen MR) is 112 cm³/mol. The van der Waals surface area contributed by atoms with Gasteiger partial charge < -0.3 is 9.64 Å². The Morgan fingerprint density at radius 2 is 1.69 bits per heavy atom. The fourth-order valence-electron chi connectivity index (χ4n) is 3.33. The molecule has 0 aromatic heterocycles. The van der Waals surface area contributed by atoms with Crippen LogP contribution in [0.25, 0.3) is 0 Å². The first kappa shape index (κ1) is 21.3. The zero-order chi connectivity index (χ0) is 20.9. The van der Waals surface area contributed by atoms with Gasteiger partial charge in [0.15, 0.2) is 0 Å². The molecular formula is C22H28N2O4S. The quantitative estimate of drug-likeness (QED) is 0.752. The highest BCUT2D eigenvalue weighted by Gasteiger charge is 2.27. The Kier molecular flexibility index (Phi) is 6.92. The number of piperidine rings is 1. The van der Waals surface area contributed by atoms with E-state index in [1.54, 1.807) is 24.3 Å². The van der Waals surface area contributed by atoms with Crippen molar-refractivity contribution in [3.8, 4) is 5.75 Å². The molecule has 29 heavy (non-hydrogen) atoms. The molecule has 6 nitrogen and oxygen atoms in total. The van der Waals surface area contributed by atoms with Gasteiger partial charge in [-0.3, -0.25) is 4.79 Å². The second kappa shape index (κ2) is 9.41. The number of hydrogen-bond donors (Lipinski definition) is 1. The molecule has 1 amide bonds. The van der Waals surface area contributed by atoms with Crippen LogP contribution < -0.4 is 9.46 Å². The predicted octanol–water partition coefficient (Wildman–Crippen LogP) is 3.19. The summed E-state index contributed by atoms with van der Waals surface area (Å²) in [5.74, 6) is 0.705. The Morgan fingerprint density at radius 3 is 2.28 bits per heavy atom. The first-order valence-electron chi connectivity index (χ1n) is 9.93. The third-order valence-electron chi connectivity index (χ3n) is 5.00. The molecule has 1 saturated heterocycles. The summed E-state index contributed by atoms with van der Waals surface area (Å²) in [6.07, 6.45) is 1.24. The molecule has 0 bridgehead atoms. The average Bonchev–Trinajstić information content (AvgIpc) is 2.73. The smallest absolute Gasteiger partial charge is 0.240 e. The van der Waals surface area contributed by atoms with Crippen LogP contribution in [0, 0.1) is 5.92 Å². The van der Waals surface area contributed by atoms with Crippen molar-refractivity contribution in [1.29, 1.82) is 0 Å². The van der Waals surface area contributed by atoms with Gasteiger partial charge in [-0.1, -0.05) is 44.2 Å². The third-order valence-corrected chi connectivity index (χ3v) is 6.54. The van der Waals surface area contributed by atoms with Crippen molar-refractivity contribution in [2.75, 3.05) is 13.1 Å². The Labute approximate surface area is 172 Å². The van der Waals surface area contributed by atoms with Crippen LogP contribution >= 0.6 is 0 Å². The van der Waals surface area contributed by atoms with Gasteiger partial charge in [0.05, 0.1) is 4.90 Å². The van der Waals surface area contributed by atoms with Gasteiger partial charge in [0, 0.05) is 25.0 Å². The standard InChI is InChI=1S/C22H28N2O4S/c1-17(2)22(25)24-14-12-19(13-15-24)23-29(26,27)21-10-8-20(9-11-21)28-16-18-6-4-3-5-7-18/h3-11,17,19,23H,12-16H2,1-2H3. The largest absolute Gasteiger partial charge is 0.489 e. The number of carbonyl (C=O) groups is 1. The van der Waals surface area contributed by atoms with Gasteiger partial charge in [-0.2, -0.15) is 0 Å².